The second kappa shape index (κ2) is 4.07. The number of thiophene rings is 1. The number of anilines is 1. The number of hydrogen-bond acceptors (Lipinski definition) is 3. The Bertz CT molecular complexity index is 274. The first-order chi connectivity index (χ1) is 5.97. The van der Waals surface area contributed by atoms with Crippen LogP contribution >= 0.6 is 23.6 Å². The van der Waals surface area contributed by atoms with Crippen LogP contribution in [0.25, 0.3) is 0 Å². The maximum atomic E-state index is 5.44. The van der Waals surface area contributed by atoms with E-state index in [0.29, 0.717) is 5.17 Å². The lowest BCUT2D eigenvalue weighted by Crippen LogP contribution is -2.26. The third kappa shape index (κ3) is 4.24. The van der Waals surface area contributed by atoms with Crippen LogP contribution in [-0.2, 0) is 4.74 Å². The minimum absolute atomic E-state index is 0.236. The second-order valence-corrected chi connectivity index (χ2v) is 4.79. The number of rotatable bonds is 1. The smallest absolute Gasteiger partial charge is 0.261 e. The van der Waals surface area contributed by atoms with Gasteiger partial charge in [-0.25, -0.2) is 0 Å². The Kier molecular flexibility index (Phi) is 3.27. The van der Waals surface area contributed by atoms with Crippen LogP contribution in [0.5, 0.6) is 0 Å². The van der Waals surface area contributed by atoms with Crippen molar-refractivity contribution in [3.8, 4) is 0 Å². The molecule has 0 radical (unpaired) electrons. The summed E-state index contributed by atoms with van der Waals surface area (Å²) in [6.45, 7) is 5.90. The number of thiocarbonyl (C=S) groups is 1. The summed E-state index contributed by atoms with van der Waals surface area (Å²) >= 11 is 6.64. The van der Waals surface area contributed by atoms with Crippen LogP contribution in [0.15, 0.2) is 16.8 Å². The summed E-state index contributed by atoms with van der Waals surface area (Å²) in [6.07, 6.45) is 0. The predicted octanol–water partition coefficient (Wildman–Crippen LogP) is 3.26. The van der Waals surface area contributed by atoms with E-state index in [1.807, 2.05) is 37.6 Å². The van der Waals surface area contributed by atoms with E-state index in [0.717, 1.165) is 5.69 Å². The van der Waals surface area contributed by atoms with Gasteiger partial charge < -0.3 is 10.1 Å². The van der Waals surface area contributed by atoms with Gasteiger partial charge in [0.05, 0.1) is 5.69 Å². The van der Waals surface area contributed by atoms with Crippen molar-refractivity contribution in [1.29, 1.82) is 0 Å². The summed E-state index contributed by atoms with van der Waals surface area (Å²) in [5.41, 5.74) is 0.749. The summed E-state index contributed by atoms with van der Waals surface area (Å²) in [7, 11) is 0. The zero-order chi connectivity index (χ0) is 9.90. The predicted molar refractivity (Wildman–Crippen MR) is 61.4 cm³/mol. The molecule has 1 aromatic heterocycles. The van der Waals surface area contributed by atoms with Crippen molar-refractivity contribution in [1.82, 2.24) is 0 Å². The fourth-order valence-electron chi connectivity index (χ4n) is 0.757. The average molecular weight is 215 g/mol. The lowest BCUT2D eigenvalue weighted by Gasteiger charge is -2.21. The van der Waals surface area contributed by atoms with Gasteiger partial charge in [0, 0.05) is 5.38 Å². The summed E-state index contributed by atoms with van der Waals surface area (Å²) in [4.78, 5) is 0. The van der Waals surface area contributed by atoms with Crippen LogP contribution in [-0.4, -0.2) is 10.8 Å². The Labute approximate surface area is 87.9 Å². The molecule has 0 spiro atoms. The van der Waals surface area contributed by atoms with Gasteiger partial charge in [-0.2, -0.15) is 11.3 Å². The SMILES string of the molecule is CC(C)(C)OC(=S)Nc1ccsc1. The third-order valence-electron chi connectivity index (χ3n) is 1.17. The van der Waals surface area contributed by atoms with Crippen molar-refractivity contribution in [3.63, 3.8) is 0 Å². The molecule has 1 rings (SSSR count). The van der Waals surface area contributed by atoms with Crippen molar-refractivity contribution in [2.45, 2.75) is 26.4 Å². The summed E-state index contributed by atoms with van der Waals surface area (Å²) < 4.78 is 5.44. The molecule has 0 saturated heterocycles. The second-order valence-electron chi connectivity index (χ2n) is 3.64. The summed E-state index contributed by atoms with van der Waals surface area (Å²) in [5.74, 6) is 0. The molecule has 0 aliphatic heterocycles. The molecule has 1 heterocycles. The first-order valence-corrected chi connectivity index (χ1v) is 5.35. The Morgan fingerprint density at radius 1 is 1.54 bits per heavy atom. The Balaban J connectivity index is 2.43. The van der Waals surface area contributed by atoms with E-state index in [2.05, 4.69) is 5.32 Å². The van der Waals surface area contributed by atoms with Crippen molar-refractivity contribution in [2.24, 2.45) is 0 Å². The van der Waals surface area contributed by atoms with Crippen LogP contribution in [0.4, 0.5) is 5.69 Å². The van der Waals surface area contributed by atoms with E-state index < -0.39 is 0 Å². The lowest BCUT2D eigenvalue weighted by atomic mass is 10.2. The summed E-state index contributed by atoms with van der Waals surface area (Å²) in [6, 6.07) is 1.96. The van der Waals surface area contributed by atoms with Crippen LogP contribution in [0.3, 0.4) is 0 Å². The van der Waals surface area contributed by atoms with Crippen molar-refractivity contribution < 1.29 is 4.74 Å². The molecule has 0 aliphatic rings. The van der Waals surface area contributed by atoms with Crippen LogP contribution in [0.2, 0.25) is 0 Å². The maximum absolute atomic E-state index is 5.44. The molecule has 72 valence electrons. The highest BCUT2D eigenvalue weighted by Crippen LogP contribution is 2.14. The third-order valence-corrected chi connectivity index (χ3v) is 2.04. The van der Waals surface area contributed by atoms with E-state index in [4.69, 9.17) is 17.0 Å². The van der Waals surface area contributed by atoms with Gasteiger partial charge in [-0.1, -0.05) is 0 Å². The van der Waals surface area contributed by atoms with E-state index in [-0.39, 0.29) is 5.60 Å². The number of nitrogens with one attached hydrogen (secondary N) is 1. The first kappa shape index (κ1) is 10.5. The Hall–Kier alpha value is -0.610. The monoisotopic (exact) mass is 215 g/mol. The standard InChI is InChI=1S/C9H13NOS2/c1-9(2,3)11-8(12)10-7-4-5-13-6-7/h4-6H,1-3H3,(H,10,12). The first-order valence-electron chi connectivity index (χ1n) is 3.99. The van der Waals surface area contributed by atoms with E-state index in [1.165, 1.54) is 0 Å². The van der Waals surface area contributed by atoms with Gasteiger partial charge in [0.1, 0.15) is 5.60 Å². The molecular weight excluding hydrogens is 202 g/mol. The van der Waals surface area contributed by atoms with E-state index in [9.17, 15) is 0 Å². The summed E-state index contributed by atoms with van der Waals surface area (Å²) in [5, 5.41) is 7.39. The van der Waals surface area contributed by atoms with Gasteiger partial charge in [-0.15, -0.1) is 0 Å². The number of hydrogen-bond donors (Lipinski definition) is 1. The molecule has 1 N–H and O–H groups in total. The Morgan fingerprint density at radius 2 is 2.23 bits per heavy atom. The van der Waals surface area contributed by atoms with Crippen LogP contribution < -0.4 is 5.32 Å². The van der Waals surface area contributed by atoms with Gasteiger partial charge in [0.15, 0.2) is 0 Å². The molecule has 0 bridgehead atoms. The lowest BCUT2D eigenvalue weighted by molar-refractivity contribution is 0.121. The maximum Gasteiger partial charge on any atom is 0.261 e. The molecule has 2 nitrogen and oxygen atoms in total. The highest BCUT2D eigenvalue weighted by atomic mass is 32.1. The molecule has 0 fully saturated rings. The molecule has 1 aromatic rings. The van der Waals surface area contributed by atoms with Crippen LogP contribution in [0, 0.1) is 0 Å². The molecule has 0 aliphatic carbocycles. The fourth-order valence-corrected chi connectivity index (χ4v) is 1.71. The van der Waals surface area contributed by atoms with Gasteiger partial charge in [0.2, 0.25) is 0 Å². The normalized spacial score (nSPS) is 11.0. The van der Waals surface area contributed by atoms with Gasteiger partial charge in [-0.05, 0) is 44.4 Å². The van der Waals surface area contributed by atoms with Gasteiger partial charge in [-0.3, -0.25) is 0 Å². The average Bonchev–Trinajstić information content (AvgIpc) is 2.34. The highest BCUT2D eigenvalue weighted by molar-refractivity contribution is 7.80. The molecule has 0 amide bonds. The van der Waals surface area contributed by atoms with Gasteiger partial charge >= 0.3 is 0 Å². The molecule has 4 heteroatoms. The quantitative estimate of drug-likeness (QED) is 0.727. The Morgan fingerprint density at radius 3 is 2.69 bits per heavy atom. The molecule has 13 heavy (non-hydrogen) atoms. The number of ether oxygens (including phenoxy) is 1. The van der Waals surface area contributed by atoms with Crippen LogP contribution in [0.1, 0.15) is 20.8 Å². The zero-order valence-electron chi connectivity index (χ0n) is 7.96. The topological polar surface area (TPSA) is 21.3 Å². The largest absolute Gasteiger partial charge is 0.465 e. The van der Waals surface area contributed by atoms with E-state index >= 15 is 0 Å². The molecular formula is C9H13NOS2. The molecule has 0 saturated carbocycles. The van der Waals surface area contributed by atoms with Crippen molar-refractivity contribution in [2.75, 3.05) is 5.32 Å². The zero-order valence-corrected chi connectivity index (χ0v) is 9.59. The molecule has 0 aromatic carbocycles. The van der Waals surface area contributed by atoms with Crippen molar-refractivity contribution >= 4 is 34.4 Å². The van der Waals surface area contributed by atoms with E-state index in [1.54, 1.807) is 11.3 Å². The molecule has 0 unspecified atom stereocenters. The molecule has 0 atom stereocenters. The fraction of sp³-hybridized carbons (Fsp3) is 0.444. The minimum Gasteiger partial charge on any atom is -0.465 e. The minimum atomic E-state index is -0.236. The van der Waals surface area contributed by atoms with Gasteiger partial charge in [0.25, 0.3) is 5.17 Å². The van der Waals surface area contributed by atoms with Crippen molar-refractivity contribution in [3.05, 3.63) is 16.8 Å². The highest BCUT2D eigenvalue weighted by Gasteiger charge is 2.13.